The van der Waals surface area contributed by atoms with Gasteiger partial charge in [-0.3, -0.25) is 9.69 Å². The van der Waals surface area contributed by atoms with Crippen LogP contribution in [0.1, 0.15) is 48.1 Å². The quantitative estimate of drug-likeness (QED) is 0.650. The van der Waals surface area contributed by atoms with Gasteiger partial charge in [-0.2, -0.15) is 0 Å². The van der Waals surface area contributed by atoms with Gasteiger partial charge in [0.25, 0.3) is 0 Å². The molecule has 1 heterocycles. The van der Waals surface area contributed by atoms with E-state index < -0.39 is 5.97 Å². The third kappa shape index (κ3) is 4.76. The first-order valence-corrected chi connectivity index (χ1v) is 10.7. The van der Waals surface area contributed by atoms with E-state index in [1.165, 1.54) is 16.7 Å². The molecule has 5 heteroatoms. The van der Waals surface area contributed by atoms with Gasteiger partial charge in [0.05, 0.1) is 18.6 Å². The van der Waals surface area contributed by atoms with Crippen LogP contribution in [-0.4, -0.2) is 35.7 Å². The maximum Gasteiger partial charge on any atom is 0.306 e. The van der Waals surface area contributed by atoms with E-state index in [0.717, 1.165) is 28.9 Å². The zero-order chi connectivity index (χ0) is 20.3. The van der Waals surface area contributed by atoms with Crippen molar-refractivity contribution in [1.82, 2.24) is 4.90 Å². The van der Waals surface area contributed by atoms with Crippen LogP contribution in [0.4, 0.5) is 0 Å². The van der Waals surface area contributed by atoms with E-state index in [1.807, 2.05) is 19.1 Å². The first-order chi connectivity index (χ1) is 13.4. The van der Waals surface area contributed by atoms with Gasteiger partial charge in [0.2, 0.25) is 0 Å². The van der Waals surface area contributed by atoms with E-state index >= 15 is 0 Å². The fourth-order valence-electron chi connectivity index (χ4n) is 4.18. The lowest BCUT2D eigenvalue weighted by Gasteiger charge is -2.38. The van der Waals surface area contributed by atoms with Crippen LogP contribution in [0.15, 0.2) is 40.9 Å². The molecule has 1 atom stereocenters. The Morgan fingerprint density at radius 2 is 1.82 bits per heavy atom. The van der Waals surface area contributed by atoms with Gasteiger partial charge in [0.1, 0.15) is 5.75 Å². The number of hydrogen-bond acceptors (Lipinski definition) is 3. The van der Waals surface area contributed by atoms with Crippen LogP contribution in [-0.2, 0) is 4.79 Å². The summed E-state index contributed by atoms with van der Waals surface area (Å²) in [4.78, 5) is 13.8. The van der Waals surface area contributed by atoms with Gasteiger partial charge >= 0.3 is 5.97 Å². The minimum atomic E-state index is -0.680. The average Bonchev–Trinajstić information content (AvgIpc) is 2.64. The normalized spacial score (nSPS) is 16.7. The first kappa shape index (κ1) is 20.9. The van der Waals surface area contributed by atoms with Crippen molar-refractivity contribution in [3.8, 4) is 5.75 Å². The standard InChI is InChI=1S/C23H28BrNO3/c1-4-28-21-6-5-19(24)14-20(21)22(18-12-15(2)11-16(3)13-18)25-9-7-17(8-10-25)23(26)27/h5-6,11-14,17,22H,4,7-10H2,1-3H3,(H,26,27). The number of carbonyl (C=O) groups is 1. The summed E-state index contributed by atoms with van der Waals surface area (Å²) in [7, 11) is 0. The third-order valence-corrected chi connectivity index (χ3v) is 5.86. The number of ether oxygens (including phenoxy) is 1. The summed E-state index contributed by atoms with van der Waals surface area (Å²) in [5, 5.41) is 9.38. The second kappa shape index (κ2) is 9.10. The summed E-state index contributed by atoms with van der Waals surface area (Å²) in [5.74, 6) is -0.0414. The number of halogens is 1. The predicted octanol–water partition coefficient (Wildman–Crippen LogP) is 5.35. The lowest BCUT2D eigenvalue weighted by molar-refractivity contribution is -0.143. The Kier molecular flexibility index (Phi) is 6.78. The van der Waals surface area contributed by atoms with Gasteiger partial charge in [-0.15, -0.1) is 0 Å². The zero-order valence-corrected chi connectivity index (χ0v) is 18.3. The Hall–Kier alpha value is -1.85. The Morgan fingerprint density at radius 3 is 2.39 bits per heavy atom. The van der Waals surface area contributed by atoms with Crippen LogP contribution in [0.3, 0.4) is 0 Å². The van der Waals surface area contributed by atoms with Crippen LogP contribution < -0.4 is 4.74 Å². The second-order valence-corrected chi connectivity index (χ2v) is 8.50. The molecule has 0 amide bonds. The number of likely N-dealkylation sites (tertiary alicyclic amines) is 1. The van der Waals surface area contributed by atoms with E-state index in [-0.39, 0.29) is 12.0 Å². The van der Waals surface area contributed by atoms with Gasteiger partial charge in [-0.05, 0) is 70.5 Å². The molecule has 0 bridgehead atoms. The van der Waals surface area contributed by atoms with E-state index in [9.17, 15) is 9.90 Å². The van der Waals surface area contributed by atoms with Crippen molar-refractivity contribution in [3.05, 3.63) is 63.1 Å². The molecule has 0 aliphatic carbocycles. The summed E-state index contributed by atoms with van der Waals surface area (Å²) in [6, 6.07) is 12.8. The molecule has 1 fully saturated rings. The SMILES string of the molecule is CCOc1ccc(Br)cc1C(c1cc(C)cc(C)c1)N1CCC(C(=O)O)CC1. The van der Waals surface area contributed by atoms with Gasteiger partial charge in [-0.25, -0.2) is 0 Å². The molecule has 1 aliphatic rings. The predicted molar refractivity (Wildman–Crippen MR) is 115 cm³/mol. The van der Waals surface area contributed by atoms with E-state index in [1.54, 1.807) is 0 Å². The van der Waals surface area contributed by atoms with Crippen LogP contribution in [0.2, 0.25) is 0 Å². The van der Waals surface area contributed by atoms with Crippen LogP contribution in [0, 0.1) is 19.8 Å². The van der Waals surface area contributed by atoms with Gasteiger partial charge in [-0.1, -0.05) is 45.3 Å². The Labute approximate surface area is 175 Å². The highest BCUT2D eigenvalue weighted by atomic mass is 79.9. The minimum absolute atomic E-state index is 0.0346. The van der Waals surface area contributed by atoms with Gasteiger partial charge < -0.3 is 9.84 Å². The average molecular weight is 446 g/mol. The fourth-order valence-corrected chi connectivity index (χ4v) is 4.56. The number of benzene rings is 2. The number of carboxylic acids is 1. The van der Waals surface area contributed by atoms with Gasteiger partial charge in [0.15, 0.2) is 0 Å². The summed E-state index contributed by atoms with van der Waals surface area (Å²) in [5.41, 5.74) is 4.81. The molecule has 1 saturated heterocycles. The molecule has 0 radical (unpaired) electrons. The van der Waals surface area contributed by atoms with Crippen molar-refractivity contribution in [3.63, 3.8) is 0 Å². The fraction of sp³-hybridized carbons (Fsp3) is 0.435. The molecule has 1 unspecified atom stereocenters. The number of aliphatic carboxylic acids is 1. The lowest BCUT2D eigenvalue weighted by Crippen LogP contribution is -2.39. The Balaban J connectivity index is 2.05. The number of piperidine rings is 1. The monoisotopic (exact) mass is 445 g/mol. The van der Waals surface area contributed by atoms with Crippen LogP contribution in [0.5, 0.6) is 5.75 Å². The highest BCUT2D eigenvalue weighted by Crippen LogP contribution is 2.39. The van der Waals surface area contributed by atoms with Crippen LogP contribution in [0.25, 0.3) is 0 Å². The molecule has 28 heavy (non-hydrogen) atoms. The number of aryl methyl sites for hydroxylation is 2. The highest BCUT2D eigenvalue weighted by Gasteiger charge is 2.32. The molecule has 1 N–H and O–H groups in total. The molecule has 0 aromatic heterocycles. The molecule has 4 nitrogen and oxygen atoms in total. The number of carboxylic acid groups (broad SMARTS) is 1. The van der Waals surface area contributed by atoms with Crippen molar-refractivity contribution < 1.29 is 14.6 Å². The zero-order valence-electron chi connectivity index (χ0n) is 16.7. The Morgan fingerprint density at radius 1 is 1.18 bits per heavy atom. The number of rotatable bonds is 6. The topological polar surface area (TPSA) is 49.8 Å². The van der Waals surface area contributed by atoms with Crippen molar-refractivity contribution in [2.75, 3.05) is 19.7 Å². The van der Waals surface area contributed by atoms with Crippen molar-refractivity contribution in [2.24, 2.45) is 5.92 Å². The first-order valence-electron chi connectivity index (χ1n) is 9.86. The molecular weight excluding hydrogens is 418 g/mol. The molecule has 0 spiro atoms. The summed E-state index contributed by atoms with van der Waals surface area (Å²) < 4.78 is 6.98. The van der Waals surface area contributed by atoms with Crippen molar-refractivity contribution in [2.45, 2.75) is 39.7 Å². The lowest BCUT2D eigenvalue weighted by atomic mass is 9.89. The summed E-state index contributed by atoms with van der Waals surface area (Å²) >= 11 is 3.62. The second-order valence-electron chi connectivity index (χ2n) is 7.59. The van der Waals surface area contributed by atoms with E-state index in [2.05, 4.69) is 58.9 Å². The Bertz CT molecular complexity index is 823. The third-order valence-electron chi connectivity index (χ3n) is 5.37. The smallest absolute Gasteiger partial charge is 0.306 e. The largest absolute Gasteiger partial charge is 0.494 e. The van der Waals surface area contributed by atoms with E-state index in [4.69, 9.17) is 4.74 Å². The molecule has 1 aliphatic heterocycles. The van der Waals surface area contributed by atoms with Crippen molar-refractivity contribution in [1.29, 1.82) is 0 Å². The number of nitrogens with zero attached hydrogens (tertiary/aromatic N) is 1. The molecule has 2 aromatic rings. The molecule has 3 rings (SSSR count). The highest BCUT2D eigenvalue weighted by molar-refractivity contribution is 9.10. The molecule has 0 saturated carbocycles. The summed E-state index contributed by atoms with van der Waals surface area (Å²) in [6.45, 7) is 8.36. The van der Waals surface area contributed by atoms with Gasteiger partial charge in [0, 0.05) is 10.0 Å². The molecule has 150 valence electrons. The van der Waals surface area contributed by atoms with Crippen molar-refractivity contribution >= 4 is 21.9 Å². The van der Waals surface area contributed by atoms with E-state index in [0.29, 0.717) is 19.4 Å². The van der Waals surface area contributed by atoms with Crippen LogP contribution >= 0.6 is 15.9 Å². The minimum Gasteiger partial charge on any atom is -0.494 e. The molecule has 2 aromatic carbocycles. The summed E-state index contributed by atoms with van der Waals surface area (Å²) in [6.07, 6.45) is 1.35. The maximum absolute atomic E-state index is 11.4. The maximum atomic E-state index is 11.4. The number of hydrogen-bond donors (Lipinski definition) is 1. The molecular formula is C23H28BrNO3.